The molecule has 0 aliphatic carbocycles. The Morgan fingerprint density at radius 1 is 0.259 bits per heavy atom. The third-order valence-electron chi connectivity index (χ3n) is 15.4. The highest BCUT2D eigenvalue weighted by Crippen LogP contribution is 2.17. The van der Waals surface area contributed by atoms with Crippen LogP contribution in [0.5, 0.6) is 0 Å². The molecule has 0 rings (SSSR count). The van der Waals surface area contributed by atoms with E-state index in [0.29, 0.717) is 19.3 Å². The minimum Gasteiger partial charge on any atom is -0.462 e. The Labute approximate surface area is 503 Å². The van der Waals surface area contributed by atoms with Crippen LogP contribution in [0.15, 0.2) is 85.1 Å². The molecule has 0 heterocycles. The number of unbranched alkanes of at least 4 members (excludes halogenated alkanes) is 39. The average molecular weight is 1130 g/mol. The Morgan fingerprint density at radius 3 is 0.778 bits per heavy atom. The standard InChI is InChI=1S/C75H132O6/c1-4-7-10-13-16-19-22-25-28-31-34-35-36-37-38-39-42-44-47-50-53-56-59-62-65-68-74(77)80-71-72(81-75(78)69-66-63-60-57-54-51-48-45-41-33-30-27-24-21-18-15-12-9-6-3)70-79-73(76)67-64-61-58-55-52-49-46-43-40-32-29-26-23-20-17-14-11-8-5-2/h9,12,18,21,26-27,29-31,34,41,45,51,54,72H,4-8,10-11,13-17,19-20,22-25,28,32-33,35-40,42-44,46-50,52-53,55-71H2,1-3H3/b12-9-,21-18-,29-26-,30-27-,34-31-,45-41-,54-51-. The molecule has 6 nitrogen and oxygen atoms in total. The number of ether oxygens (including phenoxy) is 3. The van der Waals surface area contributed by atoms with E-state index in [2.05, 4.69) is 106 Å². The van der Waals surface area contributed by atoms with Gasteiger partial charge in [-0.25, -0.2) is 0 Å². The normalized spacial score (nSPS) is 12.6. The van der Waals surface area contributed by atoms with Gasteiger partial charge in [0.05, 0.1) is 0 Å². The second kappa shape index (κ2) is 69.1. The van der Waals surface area contributed by atoms with Gasteiger partial charge in [0, 0.05) is 19.3 Å². The predicted octanol–water partition coefficient (Wildman–Crippen LogP) is 24.2. The minimum atomic E-state index is -0.797. The number of rotatable bonds is 64. The highest BCUT2D eigenvalue weighted by molar-refractivity contribution is 5.71. The van der Waals surface area contributed by atoms with Gasteiger partial charge in [-0.05, 0) is 116 Å². The van der Waals surface area contributed by atoms with Crippen LogP contribution in [0, 0.1) is 0 Å². The van der Waals surface area contributed by atoms with Crippen LogP contribution in [0.25, 0.3) is 0 Å². The number of hydrogen-bond acceptors (Lipinski definition) is 6. The molecule has 81 heavy (non-hydrogen) atoms. The number of carbonyl (C=O) groups excluding carboxylic acids is 3. The van der Waals surface area contributed by atoms with Gasteiger partial charge in [0.1, 0.15) is 13.2 Å². The fourth-order valence-corrected chi connectivity index (χ4v) is 10.1. The van der Waals surface area contributed by atoms with Crippen molar-refractivity contribution in [3.8, 4) is 0 Å². The highest BCUT2D eigenvalue weighted by Gasteiger charge is 2.19. The minimum absolute atomic E-state index is 0.0886. The molecule has 0 saturated carbocycles. The summed E-state index contributed by atoms with van der Waals surface area (Å²) >= 11 is 0. The van der Waals surface area contributed by atoms with E-state index in [1.54, 1.807) is 0 Å². The number of carbonyl (C=O) groups is 3. The van der Waals surface area contributed by atoms with Gasteiger partial charge < -0.3 is 14.2 Å². The summed E-state index contributed by atoms with van der Waals surface area (Å²) in [6.07, 6.45) is 91.8. The molecule has 0 radical (unpaired) electrons. The van der Waals surface area contributed by atoms with Crippen molar-refractivity contribution in [3.63, 3.8) is 0 Å². The molecule has 0 N–H and O–H groups in total. The van der Waals surface area contributed by atoms with Crippen LogP contribution >= 0.6 is 0 Å². The lowest BCUT2D eigenvalue weighted by atomic mass is 10.0. The van der Waals surface area contributed by atoms with Crippen molar-refractivity contribution in [1.29, 1.82) is 0 Å². The first kappa shape index (κ1) is 77.6. The smallest absolute Gasteiger partial charge is 0.306 e. The molecule has 0 fully saturated rings. The molecule has 0 aliphatic heterocycles. The van der Waals surface area contributed by atoms with Gasteiger partial charge in [-0.1, -0.05) is 305 Å². The van der Waals surface area contributed by atoms with Gasteiger partial charge in [0.15, 0.2) is 6.10 Å². The topological polar surface area (TPSA) is 78.9 Å². The molecule has 6 heteroatoms. The maximum atomic E-state index is 12.9. The first-order valence-corrected chi connectivity index (χ1v) is 35.1. The van der Waals surface area contributed by atoms with Crippen molar-refractivity contribution in [3.05, 3.63) is 85.1 Å². The van der Waals surface area contributed by atoms with Crippen LogP contribution in [0.1, 0.15) is 355 Å². The number of esters is 3. The van der Waals surface area contributed by atoms with Crippen LogP contribution in [0.2, 0.25) is 0 Å². The van der Waals surface area contributed by atoms with Crippen molar-refractivity contribution >= 4 is 17.9 Å². The zero-order valence-electron chi connectivity index (χ0n) is 53.8. The van der Waals surface area contributed by atoms with Crippen molar-refractivity contribution < 1.29 is 28.6 Å². The van der Waals surface area contributed by atoms with Crippen molar-refractivity contribution in [2.24, 2.45) is 0 Å². The molecular formula is C75H132O6. The molecule has 468 valence electrons. The molecule has 0 aromatic heterocycles. The van der Waals surface area contributed by atoms with E-state index < -0.39 is 6.10 Å². The average Bonchev–Trinajstić information content (AvgIpc) is 3.47. The van der Waals surface area contributed by atoms with Crippen LogP contribution in [0.4, 0.5) is 0 Å². The quantitative estimate of drug-likeness (QED) is 0.0261. The second-order valence-corrected chi connectivity index (χ2v) is 23.4. The molecule has 1 unspecified atom stereocenters. The van der Waals surface area contributed by atoms with Crippen LogP contribution in [-0.2, 0) is 28.6 Å². The summed E-state index contributed by atoms with van der Waals surface area (Å²) in [5, 5.41) is 0. The maximum Gasteiger partial charge on any atom is 0.306 e. The predicted molar refractivity (Wildman–Crippen MR) is 353 cm³/mol. The number of allylic oxidation sites excluding steroid dienone is 14. The maximum absolute atomic E-state index is 12.9. The lowest BCUT2D eigenvalue weighted by Gasteiger charge is -2.18. The fourth-order valence-electron chi connectivity index (χ4n) is 10.1. The first-order valence-electron chi connectivity index (χ1n) is 35.1. The van der Waals surface area contributed by atoms with Crippen LogP contribution in [0.3, 0.4) is 0 Å². The zero-order valence-corrected chi connectivity index (χ0v) is 53.8. The zero-order chi connectivity index (χ0) is 58.5. The summed E-state index contributed by atoms with van der Waals surface area (Å²) in [5.41, 5.74) is 0. The van der Waals surface area contributed by atoms with E-state index in [1.165, 1.54) is 218 Å². The monoisotopic (exact) mass is 1130 g/mol. The largest absolute Gasteiger partial charge is 0.462 e. The van der Waals surface area contributed by atoms with E-state index >= 15 is 0 Å². The molecule has 0 bridgehead atoms. The first-order chi connectivity index (χ1) is 40.0. The van der Waals surface area contributed by atoms with E-state index in [9.17, 15) is 14.4 Å². The lowest BCUT2D eigenvalue weighted by molar-refractivity contribution is -0.167. The third-order valence-corrected chi connectivity index (χ3v) is 15.4. The summed E-state index contributed by atoms with van der Waals surface area (Å²) < 4.78 is 17.0. The molecule has 1 atom stereocenters. The number of hydrogen-bond donors (Lipinski definition) is 0. The molecule has 0 aliphatic rings. The second-order valence-electron chi connectivity index (χ2n) is 23.4. The van der Waals surface area contributed by atoms with Crippen molar-refractivity contribution in [2.75, 3.05) is 13.2 Å². The summed E-state index contributed by atoms with van der Waals surface area (Å²) in [7, 11) is 0. The fraction of sp³-hybridized carbons (Fsp3) is 0.773. The van der Waals surface area contributed by atoms with Gasteiger partial charge >= 0.3 is 17.9 Å². The van der Waals surface area contributed by atoms with E-state index in [0.717, 1.165) is 96.3 Å². The SMILES string of the molecule is CC/C=C\C/C=C\C/C=C\C/C=C\C/C=C\CCCCCC(=O)OC(COC(=O)CCCCCCCCCCC/C=C\CCCCCCCC)COC(=O)CCCCCCCCCCCCCCC/C=C\CCCCCCCCCC. The summed E-state index contributed by atoms with van der Waals surface area (Å²) in [4.78, 5) is 38.5. The van der Waals surface area contributed by atoms with Gasteiger partial charge in [-0.2, -0.15) is 0 Å². The van der Waals surface area contributed by atoms with Gasteiger partial charge in [-0.3, -0.25) is 14.4 Å². The Bertz CT molecular complexity index is 1530. The summed E-state index contributed by atoms with van der Waals surface area (Å²) in [6.45, 7) is 6.54. The Hall–Kier alpha value is -3.41. The van der Waals surface area contributed by atoms with Crippen molar-refractivity contribution in [1.82, 2.24) is 0 Å². The molecule has 0 aromatic carbocycles. The van der Waals surface area contributed by atoms with E-state index in [-0.39, 0.29) is 31.1 Å². The molecule has 0 saturated heterocycles. The Kier molecular flexibility index (Phi) is 66.2. The van der Waals surface area contributed by atoms with Crippen molar-refractivity contribution in [2.45, 2.75) is 361 Å². The van der Waals surface area contributed by atoms with Gasteiger partial charge in [0.25, 0.3) is 0 Å². The summed E-state index contributed by atoms with van der Waals surface area (Å²) in [5.74, 6) is -0.906. The van der Waals surface area contributed by atoms with Crippen LogP contribution in [-0.4, -0.2) is 37.2 Å². The third kappa shape index (κ3) is 67.3. The lowest BCUT2D eigenvalue weighted by Crippen LogP contribution is -2.30. The van der Waals surface area contributed by atoms with E-state index in [1.807, 2.05) is 0 Å². The van der Waals surface area contributed by atoms with Gasteiger partial charge in [-0.15, -0.1) is 0 Å². The van der Waals surface area contributed by atoms with Crippen LogP contribution < -0.4 is 0 Å². The molecule has 0 aromatic rings. The molecule has 0 amide bonds. The summed E-state index contributed by atoms with van der Waals surface area (Å²) in [6, 6.07) is 0. The van der Waals surface area contributed by atoms with Gasteiger partial charge in [0.2, 0.25) is 0 Å². The Balaban J connectivity index is 4.37. The van der Waals surface area contributed by atoms with E-state index in [4.69, 9.17) is 14.2 Å². The molecule has 0 spiro atoms. The molecular weight excluding hydrogens is 997 g/mol. The Morgan fingerprint density at radius 2 is 0.481 bits per heavy atom. The highest BCUT2D eigenvalue weighted by atomic mass is 16.6.